The zero-order chi connectivity index (χ0) is 11.4. The Bertz CT molecular complexity index is 386. The van der Waals surface area contributed by atoms with Crippen molar-refractivity contribution in [1.29, 1.82) is 0 Å². The van der Waals surface area contributed by atoms with E-state index in [4.69, 9.17) is 5.73 Å². The van der Waals surface area contributed by atoms with Gasteiger partial charge in [0, 0.05) is 20.0 Å². The molecule has 0 spiro atoms. The molecule has 1 heterocycles. The SMILES string of the molecule is Cn1cc([N+](=O)[O-])c(NCCC(N)=O)n1. The smallest absolute Gasteiger partial charge is 0.330 e. The third-order valence-electron chi connectivity index (χ3n) is 1.67. The van der Waals surface area contributed by atoms with Crippen LogP contribution in [-0.2, 0) is 11.8 Å². The summed E-state index contributed by atoms with van der Waals surface area (Å²) in [5, 5.41) is 17.1. The van der Waals surface area contributed by atoms with Crippen LogP contribution < -0.4 is 11.1 Å². The van der Waals surface area contributed by atoms with Gasteiger partial charge in [-0.2, -0.15) is 0 Å². The van der Waals surface area contributed by atoms with Gasteiger partial charge in [0.25, 0.3) is 0 Å². The third-order valence-corrected chi connectivity index (χ3v) is 1.67. The molecular formula is C7H11N5O3. The molecule has 8 heteroatoms. The Morgan fingerprint density at radius 3 is 3.00 bits per heavy atom. The third kappa shape index (κ3) is 2.93. The summed E-state index contributed by atoms with van der Waals surface area (Å²) in [6.45, 7) is 0.229. The minimum Gasteiger partial charge on any atom is -0.370 e. The van der Waals surface area contributed by atoms with Crippen molar-refractivity contribution in [2.75, 3.05) is 11.9 Å². The summed E-state index contributed by atoms with van der Waals surface area (Å²) >= 11 is 0. The molecule has 3 N–H and O–H groups in total. The van der Waals surface area contributed by atoms with E-state index < -0.39 is 10.8 Å². The lowest BCUT2D eigenvalue weighted by Crippen LogP contribution is -2.16. The number of amides is 1. The van der Waals surface area contributed by atoms with Crippen LogP contribution >= 0.6 is 0 Å². The van der Waals surface area contributed by atoms with Gasteiger partial charge in [0.05, 0.1) is 4.92 Å². The molecule has 0 aliphatic carbocycles. The van der Waals surface area contributed by atoms with E-state index in [-0.39, 0.29) is 24.5 Å². The Balaban J connectivity index is 2.67. The first kappa shape index (κ1) is 11.0. The van der Waals surface area contributed by atoms with Gasteiger partial charge in [-0.25, -0.2) is 0 Å². The number of carbonyl (C=O) groups excluding carboxylic acids is 1. The zero-order valence-electron chi connectivity index (χ0n) is 8.14. The Morgan fingerprint density at radius 1 is 1.80 bits per heavy atom. The number of hydrogen-bond donors (Lipinski definition) is 2. The van der Waals surface area contributed by atoms with Gasteiger partial charge in [-0.1, -0.05) is 0 Å². The fourth-order valence-corrected chi connectivity index (χ4v) is 1.04. The maximum Gasteiger partial charge on any atom is 0.330 e. The van der Waals surface area contributed by atoms with Crippen molar-refractivity contribution in [2.24, 2.45) is 12.8 Å². The van der Waals surface area contributed by atoms with Gasteiger partial charge in [-0.05, 0) is 0 Å². The van der Waals surface area contributed by atoms with Crippen LogP contribution in [0.25, 0.3) is 0 Å². The molecule has 0 aliphatic rings. The van der Waals surface area contributed by atoms with Crippen molar-refractivity contribution in [2.45, 2.75) is 6.42 Å². The van der Waals surface area contributed by atoms with Gasteiger partial charge >= 0.3 is 5.69 Å². The van der Waals surface area contributed by atoms with E-state index in [1.165, 1.54) is 10.9 Å². The first-order chi connectivity index (χ1) is 7.00. The monoisotopic (exact) mass is 213 g/mol. The van der Waals surface area contributed by atoms with E-state index >= 15 is 0 Å². The van der Waals surface area contributed by atoms with Crippen LogP contribution in [0.5, 0.6) is 0 Å². The standard InChI is InChI=1S/C7H11N5O3/c1-11-4-5(12(14)15)7(10-11)9-3-2-6(8)13/h4H,2-3H2,1H3,(H2,8,13)(H,9,10). The Kier molecular flexibility index (Phi) is 3.21. The predicted molar refractivity (Wildman–Crippen MR) is 52.2 cm³/mol. The van der Waals surface area contributed by atoms with Gasteiger partial charge in [0.15, 0.2) is 0 Å². The molecule has 0 radical (unpaired) electrons. The van der Waals surface area contributed by atoms with Gasteiger partial charge in [0.1, 0.15) is 6.20 Å². The number of rotatable bonds is 5. The summed E-state index contributed by atoms with van der Waals surface area (Å²) in [7, 11) is 1.58. The lowest BCUT2D eigenvalue weighted by Gasteiger charge is -1.99. The molecule has 1 rings (SSSR count). The summed E-state index contributed by atoms with van der Waals surface area (Å²) < 4.78 is 1.32. The number of anilines is 1. The number of aromatic nitrogens is 2. The average Bonchev–Trinajstić information content (AvgIpc) is 2.46. The molecule has 82 valence electrons. The molecule has 15 heavy (non-hydrogen) atoms. The van der Waals surface area contributed by atoms with E-state index in [1.807, 2.05) is 0 Å². The van der Waals surface area contributed by atoms with Crippen LogP contribution in [0.3, 0.4) is 0 Å². The number of nitrogens with one attached hydrogen (secondary N) is 1. The molecule has 0 saturated heterocycles. The van der Waals surface area contributed by atoms with E-state index in [1.54, 1.807) is 7.05 Å². The highest BCUT2D eigenvalue weighted by molar-refractivity contribution is 5.74. The van der Waals surface area contributed by atoms with E-state index in [2.05, 4.69) is 10.4 Å². The number of nitro groups is 1. The molecule has 0 aromatic carbocycles. The van der Waals surface area contributed by atoms with Gasteiger partial charge in [0.2, 0.25) is 11.7 Å². The number of carbonyl (C=O) groups is 1. The Hall–Kier alpha value is -2.12. The highest BCUT2D eigenvalue weighted by Gasteiger charge is 2.17. The minimum atomic E-state index is -0.542. The molecule has 1 amide bonds. The van der Waals surface area contributed by atoms with E-state index in [0.717, 1.165) is 0 Å². The Morgan fingerprint density at radius 2 is 2.47 bits per heavy atom. The highest BCUT2D eigenvalue weighted by Crippen LogP contribution is 2.20. The second-order valence-corrected chi connectivity index (χ2v) is 2.94. The first-order valence-corrected chi connectivity index (χ1v) is 4.21. The average molecular weight is 213 g/mol. The molecule has 0 saturated carbocycles. The van der Waals surface area contributed by atoms with Crippen LogP contribution in [0.4, 0.5) is 11.5 Å². The topological polar surface area (TPSA) is 116 Å². The van der Waals surface area contributed by atoms with Crippen molar-refractivity contribution in [3.05, 3.63) is 16.3 Å². The second-order valence-electron chi connectivity index (χ2n) is 2.94. The quantitative estimate of drug-likeness (QED) is 0.510. The molecular weight excluding hydrogens is 202 g/mol. The van der Waals surface area contributed by atoms with Crippen molar-refractivity contribution < 1.29 is 9.72 Å². The van der Waals surface area contributed by atoms with Crippen LogP contribution in [0.15, 0.2) is 6.20 Å². The molecule has 0 atom stereocenters. The number of nitrogens with two attached hydrogens (primary N) is 1. The maximum absolute atomic E-state index is 10.6. The zero-order valence-corrected chi connectivity index (χ0v) is 8.14. The largest absolute Gasteiger partial charge is 0.370 e. The normalized spacial score (nSPS) is 9.93. The van der Waals surface area contributed by atoms with Crippen molar-refractivity contribution in [3.8, 4) is 0 Å². The fraction of sp³-hybridized carbons (Fsp3) is 0.429. The molecule has 1 aromatic heterocycles. The molecule has 0 unspecified atom stereocenters. The molecule has 1 aromatic rings. The van der Waals surface area contributed by atoms with E-state index in [0.29, 0.717) is 0 Å². The summed E-state index contributed by atoms with van der Waals surface area (Å²) in [6, 6.07) is 0. The minimum absolute atomic E-state index is 0.105. The molecule has 0 aliphatic heterocycles. The van der Waals surface area contributed by atoms with Crippen molar-refractivity contribution >= 4 is 17.4 Å². The highest BCUT2D eigenvalue weighted by atomic mass is 16.6. The van der Waals surface area contributed by atoms with Gasteiger partial charge < -0.3 is 11.1 Å². The molecule has 0 bridgehead atoms. The van der Waals surface area contributed by atoms with Crippen LogP contribution in [0.1, 0.15) is 6.42 Å². The number of nitrogens with zero attached hydrogens (tertiary/aromatic N) is 3. The number of hydrogen-bond acceptors (Lipinski definition) is 5. The number of primary amides is 1. The van der Waals surface area contributed by atoms with Crippen LogP contribution in [-0.4, -0.2) is 27.2 Å². The second kappa shape index (κ2) is 4.40. The van der Waals surface area contributed by atoms with Crippen molar-refractivity contribution in [1.82, 2.24) is 9.78 Å². The van der Waals surface area contributed by atoms with Crippen LogP contribution in [0.2, 0.25) is 0 Å². The molecule has 8 nitrogen and oxygen atoms in total. The number of aryl methyl sites for hydroxylation is 1. The summed E-state index contributed by atoms with van der Waals surface area (Å²) in [4.78, 5) is 20.4. The van der Waals surface area contributed by atoms with Gasteiger partial charge in [-0.15, -0.1) is 5.10 Å². The van der Waals surface area contributed by atoms with Crippen molar-refractivity contribution in [3.63, 3.8) is 0 Å². The first-order valence-electron chi connectivity index (χ1n) is 4.21. The lowest BCUT2D eigenvalue weighted by molar-refractivity contribution is -0.384. The predicted octanol–water partition coefficient (Wildman–Crippen LogP) is -0.384. The van der Waals surface area contributed by atoms with E-state index in [9.17, 15) is 14.9 Å². The summed E-state index contributed by atoms with van der Waals surface area (Å²) in [5.41, 5.74) is 4.80. The lowest BCUT2D eigenvalue weighted by atomic mass is 10.4. The summed E-state index contributed by atoms with van der Waals surface area (Å²) in [6.07, 6.45) is 1.39. The summed E-state index contributed by atoms with van der Waals surface area (Å²) in [5.74, 6) is -0.329. The Labute approximate surface area is 85.2 Å². The fourth-order valence-electron chi connectivity index (χ4n) is 1.04. The molecule has 0 fully saturated rings. The van der Waals surface area contributed by atoms with Crippen LogP contribution in [0, 0.1) is 10.1 Å². The maximum atomic E-state index is 10.6. The van der Waals surface area contributed by atoms with Gasteiger partial charge in [-0.3, -0.25) is 19.6 Å².